The van der Waals surface area contributed by atoms with Crippen molar-refractivity contribution in [2.24, 2.45) is 5.92 Å². The van der Waals surface area contributed by atoms with Crippen molar-refractivity contribution in [3.05, 3.63) is 91.4 Å². The molecule has 0 bridgehead atoms. The predicted octanol–water partition coefficient (Wildman–Crippen LogP) is 7.57. The minimum Gasteiger partial charge on any atom is -0.396 e. The summed E-state index contributed by atoms with van der Waals surface area (Å²) in [6.45, 7) is 0. The number of ketones is 1. The summed E-state index contributed by atoms with van der Waals surface area (Å²) in [5.41, 5.74) is 6.17. The second-order valence-corrected chi connectivity index (χ2v) is 11.2. The molecule has 0 heterocycles. The molecule has 1 aliphatic carbocycles. The largest absolute Gasteiger partial charge is 0.396 e. The van der Waals surface area contributed by atoms with Crippen molar-refractivity contribution in [3.63, 3.8) is 0 Å². The van der Waals surface area contributed by atoms with Crippen LogP contribution in [0.1, 0.15) is 27.4 Å². The summed E-state index contributed by atoms with van der Waals surface area (Å²) in [6.07, 6.45) is -0.407. The number of amides is 1. The number of carbonyl (C=O) groups excluding carboxylic acids is 2. The van der Waals surface area contributed by atoms with Gasteiger partial charge in [0.05, 0.1) is 21.7 Å². The molecule has 3 aromatic rings. The van der Waals surface area contributed by atoms with Crippen molar-refractivity contribution in [1.82, 2.24) is 0 Å². The van der Waals surface area contributed by atoms with E-state index in [4.69, 9.17) is 52.1 Å². The highest BCUT2D eigenvalue weighted by Gasteiger charge is 2.67. The molecule has 35 heavy (non-hydrogen) atoms. The lowest BCUT2D eigenvalue weighted by Gasteiger charge is -2.10. The Bertz CT molecular complexity index is 1370. The van der Waals surface area contributed by atoms with E-state index in [0.29, 0.717) is 15.6 Å². The van der Waals surface area contributed by atoms with Gasteiger partial charge in [-0.1, -0.05) is 29.3 Å². The number of hydrogen-bond acceptors (Lipinski definition) is 3. The zero-order chi connectivity index (χ0) is 25.7. The Balaban J connectivity index is 1.52. The molecule has 1 fully saturated rings. The number of Topliss-reactive ketones (excluding diaryl/α,β-unsaturated/α-hetero) is 1. The summed E-state index contributed by atoms with van der Waals surface area (Å²) in [5, 5.41) is 3.31. The molecule has 2 atom stereocenters. The van der Waals surface area contributed by atoms with Gasteiger partial charge in [-0.15, -0.1) is 23.2 Å². The first-order chi connectivity index (χ1) is 16.4. The first-order valence-corrected chi connectivity index (χ1v) is 12.4. The molecule has 0 saturated heterocycles. The van der Waals surface area contributed by atoms with Crippen LogP contribution in [0.4, 0.5) is 20.2 Å². The molecule has 1 amide bonds. The van der Waals surface area contributed by atoms with Crippen LogP contribution in [0.25, 0.3) is 0 Å². The van der Waals surface area contributed by atoms with Gasteiger partial charge in [0.25, 0.3) is 0 Å². The third kappa shape index (κ3) is 5.30. The molecule has 3 aromatic carbocycles. The van der Waals surface area contributed by atoms with Crippen molar-refractivity contribution in [2.45, 2.75) is 16.7 Å². The van der Waals surface area contributed by atoms with Gasteiger partial charge in [0.1, 0.15) is 16.0 Å². The predicted molar refractivity (Wildman–Crippen MR) is 139 cm³/mol. The van der Waals surface area contributed by atoms with Gasteiger partial charge in [0.15, 0.2) is 5.78 Å². The second kappa shape index (κ2) is 9.87. The fourth-order valence-corrected chi connectivity index (χ4v) is 5.39. The summed E-state index contributed by atoms with van der Waals surface area (Å²) >= 11 is 28.4. The molecule has 0 radical (unpaired) electrons. The number of alkyl halides is 2. The number of nitrogens with two attached hydrogens (primary N) is 1. The molecule has 4 nitrogen and oxygen atoms in total. The third-order valence-electron chi connectivity index (χ3n) is 5.69. The molecule has 0 spiro atoms. The normalized spacial score (nSPS) is 18.3. The Morgan fingerprint density at radius 1 is 1.00 bits per heavy atom. The molecule has 1 saturated carbocycles. The fourth-order valence-electron chi connectivity index (χ4n) is 3.83. The van der Waals surface area contributed by atoms with E-state index < -0.39 is 45.9 Å². The van der Waals surface area contributed by atoms with Crippen LogP contribution >= 0.6 is 62.3 Å². The van der Waals surface area contributed by atoms with Crippen LogP contribution in [-0.2, 0) is 11.2 Å². The van der Waals surface area contributed by atoms with Crippen LogP contribution in [0.3, 0.4) is 0 Å². The second-order valence-electron chi connectivity index (χ2n) is 8.05. The Labute approximate surface area is 227 Å². The molecule has 0 aliphatic heterocycles. The summed E-state index contributed by atoms with van der Waals surface area (Å²) in [4.78, 5) is 25.8. The van der Waals surface area contributed by atoms with E-state index >= 15 is 0 Å². The molecule has 3 N–H and O–H groups in total. The number of halogens is 7. The highest BCUT2D eigenvalue weighted by atomic mass is 79.9. The number of nitrogens with one attached hydrogen (secondary N) is 1. The molecular weight excluding hydrogens is 608 g/mol. The maximum Gasteiger partial charge on any atom is 0.231 e. The smallest absolute Gasteiger partial charge is 0.231 e. The van der Waals surface area contributed by atoms with Crippen LogP contribution in [0.2, 0.25) is 10.0 Å². The Morgan fingerprint density at radius 3 is 2.37 bits per heavy atom. The molecule has 1 unspecified atom stereocenters. The van der Waals surface area contributed by atoms with E-state index in [-0.39, 0.29) is 27.5 Å². The van der Waals surface area contributed by atoms with Crippen molar-refractivity contribution in [1.29, 1.82) is 0 Å². The Kier molecular flexibility index (Phi) is 7.38. The minimum atomic E-state index is -1.33. The average Bonchev–Trinajstić information content (AvgIpc) is 3.37. The van der Waals surface area contributed by atoms with Crippen LogP contribution in [0.15, 0.2) is 53.0 Å². The lowest BCUT2D eigenvalue weighted by molar-refractivity contribution is -0.117. The standard InChI is InChI=1S/C24H15BrCl4F2N2O2/c25-14-5-10(1-3-16(14)27)21-22(24(21,28)29)23(35)33-12-2-4-15(26)13(8-12)20(34)7-11-6-19(32)18(31)9-17(11)30/h1-6,8-9,21-22H,7,32H2,(H,33,35)/t21?,22-/m1/s1. The van der Waals surface area contributed by atoms with E-state index in [0.717, 1.165) is 11.6 Å². The highest BCUT2D eigenvalue weighted by molar-refractivity contribution is 9.10. The minimum absolute atomic E-state index is 0.0451. The lowest BCUT2D eigenvalue weighted by atomic mass is 10.0. The number of nitrogen functional groups attached to an aromatic ring is 1. The quantitative estimate of drug-likeness (QED) is 0.169. The van der Waals surface area contributed by atoms with Gasteiger partial charge in [0.2, 0.25) is 5.91 Å². The number of benzene rings is 3. The molecule has 1 aliphatic rings. The van der Waals surface area contributed by atoms with E-state index in [1.54, 1.807) is 18.2 Å². The highest BCUT2D eigenvalue weighted by Crippen LogP contribution is 2.65. The zero-order valence-electron chi connectivity index (χ0n) is 17.5. The van der Waals surface area contributed by atoms with Gasteiger partial charge in [-0.3, -0.25) is 9.59 Å². The summed E-state index contributed by atoms with van der Waals surface area (Å²) in [6, 6.07) is 11.1. The fraction of sp³-hybridized carbons (Fsp3) is 0.167. The van der Waals surface area contributed by atoms with E-state index in [1.165, 1.54) is 18.2 Å². The maximum absolute atomic E-state index is 14.1. The Hall–Kier alpha value is -1.90. The third-order valence-corrected chi connectivity index (χ3v) is 8.17. The van der Waals surface area contributed by atoms with E-state index in [9.17, 15) is 18.4 Å². The lowest BCUT2D eigenvalue weighted by Crippen LogP contribution is -2.17. The van der Waals surface area contributed by atoms with E-state index in [1.807, 2.05) is 0 Å². The van der Waals surface area contributed by atoms with Gasteiger partial charge in [0, 0.05) is 34.1 Å². The van der Waals surface area contributed by atoms with Crippen molar-refractivity contribution < 1.29 is 18.4 Å². The van der Waals surface area contributed by atoms with Gasteiger partial charge < -0.3 is 11.1 Å². The molecule has 4 rings (SSSR count). The molecular formula is C24H15BrCl4F2N2O2. The van der Waals surface area contributed by atoms with E-state index in [2.05, 4.69) is 21.2 Å². The van der Waals surface area contributed by atoms with Gasteiger partial charge >= 0.3 is 0 Å². The summed E-state index contributed by atoms with van der Waals surface area (Å²) < 4.78 is 26.8. The number of carbonyl (C=O) groups is 2. The maximum atomic E-state index is 14.1. The summed E-state index contributed by atoms with van der Waals surface area (Å²) in [5.74, 6) is -4.05. The van der Waals surface area contributed by atoms with Gasteiger partial charge in [-0.2, -0.15) is 0 Å². The van der Waals surface area contributed by atoms with Crippen LogP contribution < -0.4 is 11.1 Å². The first-order valence-electron chi connectivity index (χ1n) is 10.1. The average molecular weight is 623 g/mol. The molecule has 182 valence electrons. The topological polar surface area (TPSA) is 72.2 Å². The monoisotopic (exact) mass is 620 g/mol. The Morgan fingerprint density at radius 2 is 1.69 bits per heavy atom. The van der Waals surface area contributed by atoms with Crippen LogP contribution in [0.5, 0.6) is 0 Å². The number of rotatable bonds is 6. The SMILES string of the molecule is Nc1cc(CC(=O)c2cc(NC(=O)[C@H]3C(c4ccc(Cl)c(Br)c4)C3(Cl)Cl)ccc2Cl)c(F)cc1F. The number of hydrogen-bond donors (Lipinski definition) is 2. The number of anilines is 2. The first kappa shape index (κ1) is 26.2. The van der Waals surface area contributed by atoms with Crippen molar-refractivity contribution in [2.75, 3.05) is 11.1 Å². The summed E-state index contributed by atoms with van der Waals surface area (Å²) in [7, 11) is 0. The van der Waals surface area contributed by atoms with Gasteiger partial charge in [-0.05, 0) is 63.5 Å². The van der Waals surface area contributed by atoms with Crippen molar-refractivity contribution >= 4 is 85.4 Å². The van der Waals surface area contributed by atoms with Gasteiger partial charge in [-0.25, -0.2) is 8.78 Å². The zero-order valence-corrected chi connectivity index (χ0v) is 22.1. The van der Waals surface area contributed by atoms with Crippen LogP contribution in [0, 0.1) is 17.6 Å². The molecule has 0 aromatic heterocycles. The molecule has 11 heteroatoms. The van der Waals surface area contributed by atoms with Crippen LogP contribution in [-0.4, -0.2) is 16.0 Å². The van der Waals surface area contributed by atoms with Crippen molar-refractivity contribution in [3.8, 4) is 0 Å².